The predicted octanol–water partition coefficient (Wildman–Crippen LogP) is 7.10. The van der Waals surface area contributed by atoms with E-state index in [0.717, 1.165) is 84.9 Å². The number of fused-ring (bicyclic) bond motifs is 21. The molecule has 8 bridgehead atoms. The molecule has 0 amide bonds. The van der Waals surface area contributed by atoms with Gasteiger partial charge in [-0.1, -0.05) is 30.3 Å². The average molecular weight is 1580 g/mol. The van der Waals surface area contributed by atoms with Crippen molar-refractivity contribution in [2.75, 3.05) is 5.73 Å². The van der Waals surface area contributed by atoms with Crippen molar-refractivity contribution in [2.45, 2.75) is 44.9 Å². The summed E-state index contributed by atoms with van der Waals surface area (Å²) < 4.78 is 275. The summed E-state index contributed by atoms with van der Waals surface area (Å²) >= 11 is 0. The zero-order chi connectivity index (χ0) is 72.1. The molecule has 11 aromatic rings. The molecule has 0 radical (unpaired) electrons. The Morgan fingerprint density at radius 1 is 0.366 bits per heavy atom. The number of nitrogen functional groups attached to an aromatic ring is 1. The number of anilines is 1. The van der Waals surface area contributed by atoms with Crippen molar-refractivity contribution in [3.8, 4) is 51.3 Å². The second-order valence-electron chi connectivity index (χ2n) is 21.4. The Labute approximate surface area is 578 Å². The van der Waals surface area contributed by atoms with E-state index in [1.165, 1.54) is 24.3 Å². The third kappa shape index (κ3) is 13.4. The van der Waals surface area contributed by atoms with Gasteiger partial charge in [-0.15, -0.1) is 15.3 Å². The number of aromatic hydroxyl groups is 1. The summed E-state index contributed by atoms with van der Waals surface area (Å²) in [6, 6.07) is 19.9. The zero-order valence-corrected chi connectivity index (χ0v) is 58.9. The van der Waals surface area contributed by atoms with E-state index in [9.17, 15) is 104 Å². The maximum atomic E-state index is 14.7. The molecule has 0 saturated carbocycles. The van der Waals surface area contributed by atoms with Crippen LogP contribution in [0.3, 0.4) is 0 Å². The van der Waals surface area contributed by atoms with Crippen molar-refractivity contribution >= 4 is 164 Å². The summed E-state index contributed by atoms with van der Waals surface area (Å²) in [6.07, 6.45) is 0. The predicted molar refractivity (Wildman–Crippen MR) is 345 cm³/mol. The number of nitrogens with two attached hydrogens (primary N) is 1. The van der Waals surface area contributed by atoms with Crippen molar-refractivity contribution in [3.05, 3.63) is 133 Å². The summed E-state index contributed by atoms with van der Waals surface area (Å²) in [5, 5.41) is 25.0. The number of phenolic OH excluding ortho intramolecular Hbond substituents is 1. The molecule has 2 aliphatic rings. The summed E-state index contributed by atoms with van der Waals surface area (Å²) in [4.78, 5) is 29.9. The Morgan fingerprint density at radius 2 is 0.762 bits per heavy atom. The van der Waals surface area contributed by atoms with E-state index in [2.05, 4.69) is 60.3 Å². The Hall–Kier alpha value is -9.88. The van der Waals surface area contributed by atoms with Crippen LogP contribution in [0.2, 0.25) is 0 Å². The van der Waals surface area contributed by atoms with Gasteiger partial charge in [-0.3, -0.25) is 31.9 Å². The first-order valence-electron chi connectivity index (χ1n) is 27.0. The third-order valence-corrected chi connectivity index (χ3v) is 22.8. The minimum absolute atomic E-state index is 0. The van der Waals surface area contributed by atoms with Crippen molar-refractivity contribution in [3.63, 3.8) is 0 Å². The second kappa shape index (κ2) is 24.4. The van der Waals surface area contributed by atoms with Crippen LogP contribution in [0.15, 0.2) is 187 Å². The summed E-state index contributed by atoms with van der Waals surface area (Å²) in [6.45, 7) is 0. The molecule has 101 heavy (non-hydrogen) atoms. The van der Waals surface area contributed by atoms with Gasteiger partial charge >= 0.3 is 19.5 Å². The normalized spacial score (nSPS) is 13.3. The van der Waals surface area contributed by atoms with Crippen molar-refractivity contribution in [2.24, 2.45) is 20.5 Å². The Bertz CT molecular complexity index is 6830. The van der Waals surface area contributed by atoms with Crippen LogP contribution in [0, 0.1) is 0 Å². The number of phenols is 1. The number of aromatic nitrogens is 8. The fourth-order valence-electron chi connectivity index (χ4n) is 10.5. The van der Waals surface area contributed by atoms with E-state index in [4.69, 9.17) is 5.73 Å². The van der Waals surface area contributed by atoms with Gasteiger partial charge in [-0.2, -0.15) is 64.0 Å². The van der Waals surface area contributed by atoms with Gasteiger partial charge in [-0.25, -0.2) is 18.4 Å². The molecule has 0 spiro atoms. The van der Waals surface area contributed by atoms with E-state index in [1.807, 2.05) is 0 Å². The number of azo groups is 2. The van der Waals surface area contributed by atoms with Gasteiger partial charge in [0.25, 0.3) is 70.8 Å². The minimum Gasteiger partial charge on any atom is -0.505 e. The van der Waals surface area contributed by atoms with Gasteiger partial charge in [0.2, 0.25) is 0 Å². The van der Waals surface area contributed by atoms with Gasteiger partial charge in [0.15, 0.2) is 15.6 Å². The summed E-state index contributed by atoms with van der Waals surface area (Å²) in [5.74, 6) is -3.73. The Kier molecular flexibility index (Phi) is 17.2. The fraction of sp³-hybridized carbons (Fsp3) is 0.0182. The number of rotatable bonds is 14. The Morgan fingerprint density at radius 3 is 1.23 bits per heavy atom. The average Bonchev–Trinajstić information content (AvgIpc) is 1.74. The second-order valence-corrected chi connectivity index (χ2v) is 33.2. The van der Waals surface area contributed by atoms with E-state index < -0.39 is 176 Å². The minimum atomic E-state index is -5.61. The van der Waals surface area contributed by atoms with Gasteiger partial charge in [0.1, 0.15) is 31.7 Å². The SMILES string of the molecule is Nc1c(N=Nc2ccc(S(=O)(=O)O)cc2)c(S(=O)(=O)O)cc2cc(S(=O)(=O)O)c(N=Nc3cc(CS(=O)(=O)c4ccc5c(c4)-c4nc-5nc5[n-]c(nc6nc(nc7[n-]c(n4)c4cc(S(=O)(=O)O)ccc74)-c4cc(S(=O)(=O)O)ccc4-6)c4cc(S(=O)(=O)O)ccc54)ccc3S(=O)(=O)O)c(O)c12.[Zn+2]. The molecule has 512 valence electrons. The molecule has 0 saturated heterocycles. The van der Waals surface area contributed by atoms with Gasteiger partial charge in [-0.05, 0) is 130 Å². The van der Waals surface area contributed by atoms with Crippen LogP contribution in [0.5, 0.6) is 5.75 Å². The van der Waals surface area contributed by atoms with Gasteiger partial charge < -0.3 is 40.7 Å². The number of benzene rings is 8. The number of hydrogen-bond donors (Lipinski definition) is 9. The molecular formula is C55H33N13O24S8Zn. The van der Waals surface area contributed by atoms with Gasteiger partial charge in [0.05, 0.1) is 70.3 Å². The first-order chi connectivity index (χ1) is 46.5. The van der Waals surface area contributed by atoms with Crippen molar-refractivity contribution < 1.29 is 124 Å². The molecule has 2 aliphatic heterocycles. The van der Waals surface area contributed by atoms with Crippen LogP contribution in [0.1, 0.15) is 5.56 Å². The summed E-state index contributed by atoms with van der Waals surface area (Å²) in [5.41, 5.74) is 0.180. The molecule has 3 aromatic heterocycles. The van der Waals surface area contributed by atoms with E-state index in [0.29, 0.717) is 18.2 Å². The smallest absolute Gasteiger partial charge is 0.505 e. The number of nitrogens with zero attached hydrogens (tertiary/aromatic N) is 12. The monoisotopic (exact) mass is 1580 g/mol. The van der Waals surface area contributed by atoms with Crippen LogP contribution in [0.25, 0.3) is 100 Å². The van der Waals surface area contributed by atoms with Crippen LogP contribution in [-0.4, -0.2) is 134 Å². The fourth-order valence-corrected chi connectivity index (χ4v) is 15.8. The Balaban J connectivity index is 0.00000965. The molecule has 46 heteroatoms. The van der Waals surface area contributed by atoms with Crippen LogP contribution in [0.4, 0.5) is 28.4 Å². The molecule has 0 atom stereocenters. The number of hydrogen-bond acceptors (Lipinski definition) is 28. The molecule has 37 nitrogen and oxygen atoms in total. The molecule has 8 aromatic carbocycles. The van der Waals surface area contributed by atoms with Crippen LogP contribution in [-0.2, 0) is 106 Å². The molecule has 5 heterocycles. The first-order valence-corrected chi connectivity index (χ1v) is 38.8. The first kappa shape index (κ1) is 71.0. The maximum absolute atomic E-state index is 14.7. The molecule has 13 rings (SSSR count). The molecule has 10 N–H and O–H groups in total. The molecule has 0 aliphatic carbocycles. The zero-order valence-electron chi connectivity index (χ0n) is 49.4. The van der Waals surface area contributed by atoms with E-state index in [1.54, 1.807) is 0 Å². The number of sulfone groups is 1. The van der Waals surface area contributed by atoms with E-state index >= 15 is 0 Å². The van der Waals surface area contributed by atoms with Crippen molar-refractivity contribution in [1.29, 1.82) is 0 Å². The maximum Gasteiger partial charge on any atom is 2.00 e. The standard InChI is InChI=1S/C55H33N13O24S8.Zn/c56-44-43-24(16-41(99(87,88)89)45(44)67-65-25-2-4-26(5-3-25)94(72,73)74)17-42(100(90,91)92)46(47(43)69)68-66-39-15-23(1-14-40(39)98(84,85)86)22-93(70,71)27-6-10-31-35(18-27)52-58-48(31)57-49-32-11-7-28(95(75,76)77)19-36(32)53(59-49)60-50-33-12-8-29(96(78,79)80)20-37(33)54(61-50)62-51-34-13-9-30(97(81,82)83)21-38(34)55(63-51)64-52;/h1-21H,22H2,(H10-2,56,57,58,59,60,61,62,63,64,65,66,67,68,69,72,73,74,75,76,77,78,79,80,81,82,83,84,85,86,87,88,89,90,91,92);/q-2;+2. The molecular weight excluding hydrogens is 1550 g/mol. The van der Waals surface area contributed by atoms with Gasteiger partial charge in [0, 0.05) is 44.8 Å². The largest absolute Gasteiger partial charge is 2.00 e. The molecule has 0 fully saturated rings. The summed E-state index contributed by atoms with van der Waals surface area (Å²) in [7, 11) is -40.7. The topological polar surface area (TPSA) is 616 Å². The molecule has 0 unspecified atom stereocenters. The van der Waals surface area contributed by atoms with Crippen LogP contribution >= 0.6 is 0 Å². The van der Waals surface area contributed by atoms with E-state index in [-0.39, 0.29) is 109 Å². The third-order valence-electron chi connectivity index (χ3n) is 15.0. The van der Waals surface area contributed by atoms with Crippen LogP contribution < -0.4 is 15.7 Å². The van der Waals surface area contributed by atoms with Crippen molar-refractivity contribution in [1.82, 2.24) is 39.9 Å². The quantitative estimate of drug-likeness (QED) is 0.0227.